The standard InChI is InChI=1S/Cu.Ni.H2S.Zn/h;;1H2;. The van der Waals surface area contributed by atoms with Gasteiger partial charge >= 0.3 is 0 Å². The van der Waals surface area contributed by atoms with E-state index in [4.69, 9.17) is 0 Å². The maximum atomic E-state index is 0. The average molecular weight is 222 g/mol. The monoisotopic (exact) mass is 219 g/mol. The zero-order valence-corrected chi connectivity index (χ0v) is 7.72. The molecule has 0 rings (SSSR count). The number of hydrogen-bond donors (Lipinski definition) is 0. The van der Waals surface area contributed by atoms with Crippen LogP contribution in [0.2, 0.25) is 0 Å². The van der Waals surface area contributed by atoms with Gasteiger partial charge in [0.05, 0.1) is 0 Å². The molecule has 0 heterocycles. The molecule has 0 saturated carbocycles. The average Bonchev–Trinajstić information content (AvgIpc) is 0. The summed E-state index contributed by atoms with van der Waals surface area (Å²) in [4.78, 5) is 0. The van der Waals surface area contributed by atoms with Crippen molar-refractivity contribution in [1.82, 2.24) is 0 Å². The van der Waals surface area contributed by atoms with E-state index in [1.165, 1.54) is 0 Å². The van der Waals surface area contributed by atoms with Crippen LogP contribution in [0.1, 0.15) is 0 Å². The minimum atomic E-state index is 0. The Balaban J connectivity index is 0. The summed E-state index contributed by atoms with van der Waals surface area (Å²) in [5.41, 5.74) is 0. The molecule has 0 aliphatic heterocycles. The van der Waals surface area contributed by atoms with Crippen molar-refractivity contribution in [2.24, 2.45) is 0 Å². The molecule has 0 aromatic heterocycles. The predicted octanol–water partition coefficient (Wildman–Crippen LogP) is 0.105. The molecule has 4 heavy (non-hydrogen) atoms. The van der Waals surface area contributed by atoms with Crippen LogP contribution in [0, 0.1) is 0 Å². The molecule has 0 aromatic rings. The third kappa shape index (κ3) is 9.01. The minimum Gasteiger partial charge on any atom is -0.197 e. The van der Waals surface area contributed by atoms with Crippen LogP contribution in [-0.4, -0.2) is 0 Å². The van der Waals surface area contributed by atoms with E-state index in [1.54, 1.807) is 0 Å². The molecule has 0 saturated heterocycles. The van der Waals surface area contributed by atoms with Gasteiger partial charge < -0.3 is 0 Å². The second-order valence-corrected chi connectivity index (χ2v) is 0. The Morgan fingerprint density at radius 2 is 1.00 bits per heavy atom. The Morgan fingerprint density at radius 3 is 1.00 bits per heavy atom. The van der Waals surface area contributed by atoms with E-state index >= 15 is 0 Å². The van der Waals surface area contributed by atoms with Gasteiger partial charge in [-0.25, -0.2) is 0 Å². The quantitative estimate of drug-likeness (QED) is 0.510. The molecule has 0 N–H and O–H groups in total. The Hall–Kier alpha value is 1.99. The van der Waals surface area contributed by atoms with Gasteiger partial charge in [-0.3, -0.25) is 0 Å². The van der Waals surface area contributed by atoms with Crippen molar-refractivity contribution in [3.8, 4) is 0 Å². The van der Waals surface area contributed by atoms with Crippen LogP contribution in [0.25, 0.3) is 0 Å². The van der Waals surface area contributed by atoms with Gasteiger partial charge in [-0.1, -0.05) is 0 Å². The van der Waals surface area contributed by atoms with Gasteiger partial charge in [0.25, 0.3) is 0 Å². The van der Waals surface area contributed by atoms with Crippen LogP contribution in [0.15, 0.2) is 0 Å². The molecule has 0 nitrogen and oxygen atoms in total. The fraction of sp³-hybridized carbons (Fsp3) is 0. The van der Waals surface area contributed by atoms with E-state index in [2.05, 4.69) is 0 Å². The first-order chi connectivity index (χ1) is 0. The smallest absolute Gasteiger partial charge is 0 e. The van der Waals surface area contributed by atoms with Crippen molar-refractivity contribution in [2.75, 3.05) is 0 Å². The van der Waals surface area contributed by atoms with Gasteiger partial charge in [-0.2, -0.15) is 13.5 Å². The zero-order valence-electron chi connectivity index (χ0n) is 1.82. The Morgan fingerprint density at radius 1 is 1.00 bits per heavy atom. The molecule has 0 spiro atoms. The molecule has 0 aliphatic carbocycles. The molecule has 0 aromatic carbocycles. The Kier molecular flexibility index (Phi) is 189. The third-order valence-electron chi connectivity index (χ3n) is 0. The second-order valence-electron chi connectivity index (χ2n) is 0. The van der Waals surface area contributed by atoms with Crippen molar-refractivity contribution in [1.29, 1.82) is 0 Å². The fourth-order valence-corrected chi connectivity index (χ4v) is 0. The fourth-order valence-electron chi connectivity index (χ4n) is 0. The maximum absolute atomic E-state index is 0. The summed E-state index contributed by atoms with van der Waals surface area (Å²) in [6.45, 7) is 0. The number of rotatable bonds is 0. The van der Waals surface area contributed by atoms with Gasteiger partial charge in [0.1, 0.15) is 0 Å². The van der Waals surface area contributed by atoms with E-state index in [0.717, 1.165) is 0 Å². The van der Waals surface area contributed by atoms with Crippen LogP contribution in [-0.2, 0) is 53.0 Å². The van der Waals surface area contributed by atoms with Crippen molar-refractivity contribution >= 4 is 13.5 Å². The van der Waals surface area contributed by atoms with E-state index in [0.29, 0.717) is 0 Å². The molecule has 0 aliphatic rings. The van der Waals surface area contributed by atoms with Crippen LogP contribution >= 0.6 is 13.5 Å². The Labute approximate surface area is 66.1 Å². The maximum Gasteiger partial charge on any atom is 0 e. The summed E-state index contributed by atoms with van der Waals surface area (Å²) in [6.07, 6.45) is 0. The summed E-state index contributed by atoms with van der Waals surface area (Å²) in [7, 11) is 0. The van der Waals surface area contributed by atoms with E-state index in [1.807, 2.05) is 0 Å². The van der Waals surface area contributed by atoms with Gasteiger partial charge in [0.2, 0.25) is 0 Å². The molecular formula is H2CuNiSZn. The molecule has 0 atom stereocenters. The van der Waals surface area contributed by atoms with Gasteiger partial charge in [-0.05, 0) is 0 Å². The molecule has 1 radical (unpaired) electrons. The topological polar surface area (TPSA) is 0 Å². The van der Waals surface area contributed by atoms with Crippen LogP contribution < -0.4 is 0 Å². The Bertz CT molecular complexity index is 8.00. The summed E-state index contributed by atoms with van der Waals surface area (Å²) in [6, 6.07) is 0. The van der Waals surface area contributed by atoms with E-state index in [-0.39, 0.29) is 66.5 Å². The first kappa shape index (κ1) is 37.7. The van der Waals surface area contributed by atoms with Crippen LogP contribution in [0.4, 0.5) is 0 Å². The molecule has 0 amide bonds. The molecule has 0 bridgehead atoms. The van der Waals surface area contributed by atoms with Crippen LogP contribution in [0.5, 0.6) is 0 Å². The van der Waals surface area contributed by atoms with Gasteiger partial charge in [0.15, 0.2) is 0 Å². The van der Waals surface area contributed by atoms with Crippen LogP contribution in [0.3, 0.4) is 0 Å². The van der Waals surface area contributed by atoms with Gasteiger partial charge in [0, 0.05) is 53.0 Å². The summed E-state index contributed by atoms with van der Waals surface area (Å²) in [5, 5.41) is 0. The summed E-state index contributed by atoms with van der Waals surface area (Å²) < 4.78 is 0. The minimum absolute atomic E-state index is 0. The van der Waals surface area contributed by atoms with Crippen molar-refractivity contribution in [3.63, 3.8) is 0 Å². The third-order valence-corrected chi connectivity index (χ3v) is 0. The first-order valence-corrected chi connectivity index (χ1v) is 0. The van der Waals surface area contributed by atoms with Crippen molar-refractivity contribution in [2.45, 2.75) is 0 Å². The summed E-state index contributed by atoms with van der Waals surface area (Å²) >= 11 is 0. The zero-order chi connectivity index (χ0) is 0. The molecule has 4 heteroatoms. The van der Waals surface area contributed by atoms with Crippen molar-refractivity contribution < 1.29 is 53.0 Å². The van der Waals surface area contributed by atoms with E-state index < -0.39 is 0 Å². The second kappa shape index (κ2) is 20.1. The first-order valence-electron chi connectivity index (χ1n) is 0. The molecule has 0 fully saturated rings. The number of hydrogen-bond acceptors (Lipinski definition) is 0. The predicted molar refractivity (Wildman–Crippen MR) is 10.4 cm³/mol. The SMILES string of the molecule is S.[Cu].[Ni].[Zn]. The normalized spacial score (nSPS) is 0. The molecule has 31 valence electrons. The largest absolute Gasteiger partial charge is 0.197 e. The molecular weight excluding hydrogens is 220 g/mol. The molecule has 0 unspecified atom stereocenters. The summed E-state index contributed by atoms with van der Waals surface area (Å²) in [5.74, 6) is 0. The van der Waals surface area contributed by atoms with Crippen molar-refractivity contribution in [3.05, 3.63) is 0 Å². The van der Waals surface area contributed by atoms with Gasteiger partial charge in [-0.15, -0.1) is 0 Å². The van der Waals surface area contributed by atoms with E-state index in [9.17, 15) is 0 Å².